The maximum atomic E-state index is 12.3. The van der Waals surface area contributed by atoms with E-state index in [4.69, 9.17) is 0 Å². The minimum absolute atomic E-state index is 0.0178. The SMILES string of the molecule is O=C(CCC(=O)c1ccc2c(c1)CCCC2)Nc1ccccc1O. The normalized spacial score (nSPS) is 13.2. The second kappa shape index (κ2) is 7.30. The van der Waals surface area contributed by atoms with E-state index in [-0.39, 0.29) is 30.3 Å². The van der Waals surface area contributed by atoms with E-state index in [0.29, 0.717) is 11.3 Å². The smallest absolute Gasteiger partial charge is 0.224 e. The van der Waals surface area contributed by atoms with Gasteiger partial charge in [0, 0.05) is 18.4 Å². The lowest BCUT2D eigenvalue weighted by Crippen LogP contribution is -2.14. The van der Waals surface area contributed by atoms with Crippen LogP contribution < -0.4 is 5.32 Å². The van der Waals surface area contributed by atoms with Gasteiger partial charge < -0.3 is 10.4 Å². The molecule has 24 heavy (non-hydrogen) atoms. The lowest BCUT2D eigenvalue weighted by molar-refractivity contribution is -0.116. The van der Waals surface area contributed by atoms with E-state index >= 15 is 0 Å². The summed E-state index contributed by atoms with van der Waals surface area (Å²) >= 11 is 0. The number of aromatic hydroxyl groups is 1. The molecular weight excluding hydrogens is 302 g/mol. The van der Waals surface area contributed by atoms with Crippen molar-refractivity contribution in [1.82, 2.24) is 0 Å². The second-order valence-electron chi connectivity index (χ2n) is 6.18. The van der Waals surface area contributed by atoms with Crippen LogP contribution in [0.3, 0.4) is 0 Å². The third kappa shape index (κ3) is 3.82. The van der Waals surface area contributed by atoms with Crippen molar-refractivity contribution in [3.63, 3.8) is 0 Å². The average molecular weight is 323 g/mol. The summed E-state index contributed by atoms with van der Waals surface area (Å²) < 4.78 is 0. The van der Waals surface area contributed by atoms with Crippen molar-refractivity contribution in [1.29, 1.82) is 0 Å². The van der Waals surface area contributed by atoms with Gasteiger partial charge in [-0.05, 0) is 55.0 Å². The molecule has 0 bridgehead atoms. The van der Waals surface area contributed by atoms with E-state index in [9.17, 15) is 14.7 Å². The molecule has 0 saturated carbocycles. The van der Waals surface area contributed by atoms with Gasteiger partial charge in [0.1, 0.15) is 5.75 Å². The van der Waals surface area contributed by atoms with Crippen LogP contribution in [0.25, 0.3) is 0 Å². The Morgan fingerprint density at radius 2 is 1.71 bits per heavy atom. The molecule has 2 N–H and O–H groups in total. The molecule has 4 heteroatoms. The maximum Gasteiger partial charge on any atom is 0.224 e. The van der Waals surface area contributed by atoms with Crippen LogP contribution in [0, 0.1) is 0 Å². The van der Waals surface area contributed by atoms with Gasteiger partial charge in [0.05, 0.1) is 5.69 Å². The lowest BCUT2D eigenvalue weighted by atomic mass is 9.89. The van der Waals surface area contributed by atoms with Gasteiger partial charge >= 0.3 is 0 Å². The molecule has 0 aromatic heterocycles. The van der Waals surface area contributed by atoms with E-state index in [1.165, 1.54) is 30.0 Å². The largest absolute Gasteiger partial charge is 0.506 e. The minimum Gasteiger partial charge on any atom is -0.506 e. The number of phenols is 1. The van der Waals surface area contributed by atoms with Gasteiger partial charge in [-0.15, -0.1) is 0 Å². The summed E-state index contributed by atoms with van der Waals surface area (Å²) in [5.41, 5.74) is 3.66. The van der Waals surface area contributed by atoms with Crippen molar-refractivity contribution in [3.05, 3.63) is 59.2 Å². The highest BCUT2D eigenvalue weighted by molar-refractivity contribution is 6.00. The number of benzene rings is 2. The molecule has 1 aliphatic carbocycles. The molecular formula is C20H21NO3. The zero-order valence-electron chi connectivity index (χ0n) is 13.5. The number of anilines is 1. The van der Waals surface area contributed by atoms with Crippen LogP contribution >= 0.6 is 0 Å². The highest BCUT2D eigenvalue weighted by Gasteiger charge is 2.14. The Balaban J connectivity index is 1.57. The maximum absolute atomic E-state index is 12.3. The van der Waals surface area contributed by atoms with Crippen molar-refractivity contribution in [3.8, 4) is 5.75 Å². The van der Waals surface area contributed by atoms with Gasteiger partial charge in [-0.2, -0.15) is 0 Å². The lowest BCUT2D eigenvalue weighted by Gasteiger charge is -2.16. The summed E-state index contributed by atoms with van der Waals surface area (Å²) in [6.45, 7) is 0. The van der Waals surface area contributed by atoms with Gasteiger partial charge in [-0.3, -0.25) is 9.59 Å². The highest BCUT2D eigenvalue weighted by atomic mass is 16.3. The molecule has 3 rings (SSSR count). The van der Waals surface area contributed by atoms with E-state index in [1.54, 1.807) is 18.2 Å². The topological polar surface area (TPSA) is 66.4 Å². The first-order valence-electron chi connectivity index (χ1n) is 8.36. The Labute approximate surface area is 141 Å². The predicted octanol–water partition coefficient (Wildman–Crippen LogP) is 3.87. The second-order valence-corrected chi connectivity index (χ2v) is 6.18. The molecule has 2 aromatic carbocycles. The van der Waals surface area contributed by atoms with Gasteiger partial charge in [0.15, 0.2) is 5.78 Å². The number of aryl methyl sites for hydroxylation is 2. The van der Waals surface area contributed by atoms with Crippen molar-refractivity contribution >= 4 is 17.4 Å². The summed E-state index contributed by atoms with van der Waals surface area (Å²) in [5, 5.41) is 12.3. The van der Waals surface area contributed by atoms with Crippen LogP contribution in [-0.2, 0) is 17.6 Å². The predicted molar refractivity (Wildman–Crippen MR) is 93.4 cm³/mol. The average Bonchev–Trinajstić information content (AvgIpc) is 2.61. The van der Waals surface area contributed by atoms with Gasteiger partial charge in [0.25, 0.3) is 0 Å². The number of nitrogens with one attached hydrogen (secondary N) is 1. The number of carbonyl (C=O) groups excluding carboxylic acids is 2. The fraction of sp³-hybridized carbons (Fsp3) is 0.300. The number of para-hydroxylation sites is 2. The quantitative estimate of drug-likeness (QED) is 0.648. The molecule has 0 aliphatic heterocycles. The molecule has 124 valence electrons. The number of hydrogen-bond donors (Lipinski definition) is 2. The first kappa shape index (κ1) is 16.2. The number of carbonyl (C=O) groups is 2. The van der Waals surface area contributed by atoms with Gasteiger partial charge in [-0.25, -0.2) is 0 Å². The zero-order chi connectivity index (χ0) is 16.9. The molecule has 4 nitrogen and oxygen atoms in total. The summed E-state index contributed by atoms with van der Waals surface area (Å²) in [4.78, 5) is 24.3. The van der Waals surface area contributed by atoms with E-state index < -0.39 is 0 Å². The zero-order valence-corrected chi connectivity index (χ0v) is 13.5. The van der Waals surface area contributed by atoms with Gasteiger partial charge in [-0.1, -0.05) is 24.3 Å². The van der Waals surface area contributed by atoms with E-state index in [0.717, 1.165) is 12.8 Å². The standard InChI is InChI=1S/C20H21NO3/c22-18(16-10-9-14-5-1-2-6-15(14)13-16)11-12-20(24)21-17-7-3-4-8-19(17)23/h3-4,7-10,13,23H,1-2,5-6,11-12H2,(H,21,24). The fourth-order valence-corrected chi connectivity index (χ4v) is 3.07. The Morgan fingerprint density at radius 3 is 2.50 bits per heavy atom. The van der Waals surface area contributed by atoms with E-state index in [1.807, 2.05) is 18.2 Å². The van der Waals surface area contributed by atoms with Crippen molar-refractivity contribution in [2.75, 3.05) is 5.32 Å². The monoisotopic (exact) mass is 323 g/mol. The van der Waals surface area contributed by atoms with Gasteiger partial charge in [0.2, 0.25) is 5.91 Å². The Bertz CT molecular complexity index is 767. The van der Waals surface area contributed by atoms with Crippen molar-refractivity contribution in [2.45, 2.75) is 38.5 Å². The van der Waals surface area contributed by atoms with Crippen LogP contribution in [0.1, 0.15) is 47.2 Å². The van der Waals surface area contributed by atoms with Crippen LogP contribution in [0.5, 0.6) is 5.75 Å². The van der Waals surface area contributed by atoms with Crippen LogP contribution in [0.15, 0.2) is 42.5 Å². The van der Waals surface area contributed by atoms with Crippen molar-refractivity contribution in [2.24, 2.45) is 0 Å². The number of amides is 1. The number of phenolic OH excluding ortho intramolecular Hbond substituents is 1. The number of Topliss-reactive ketones (excluding diaryl/α,β-unsaturated/α-hetero) is 1. The number of hydrogen-bond acceptors (Lipinski definition) is 3. The molecule has 2 aromatic rings. The molecule has 0 atom stereocenters. The fourth-order valence-electron chi connectivity index (χ4n) is 3.07. The molecule has 0 radical (unpaired) electrons. The first-order valence-corrected chi connectivity index (χ1v) is 8.36. The highest BCUT2D eigenvalue weighted by Crippen LogP contribution is 2.24. The molecule has 0 unspecified atom stereocenters. The number of fused-ring (bicyclic) bond motifs is 1. The number of rotatable bonds is 5. The Hall–Kier alpha value is -2.62. The molecule has 1 amide bonds. The first-order chi connectivity index (χ1) is 11.6. The molecule has 0 saturated heterocycles. The van der Waals surface area contributed by atoms with E-state index in [2.05, 4.69) is 5.32 Å². The van der Waals surface area contributed by atoms with Crippen LogP contribution in [0.4, 0.5) is 5.69 Å². The Morgan fingerprint density at radius 1 is 0.958 bits per heavy atom. The summed E-state index contributed by atoms with van der Waals surface area (Å²) in [7, 11) is 0. The van der Waals surface area contributed by atoms with Crippen LogP contribution in [-0.4, -0.2) is 16.8 Å². The third-order valence-electron chi connectivity index (χ3n) is 4.43. The third-order valence-corrected chi connectivity index (χ3v) is 4.43. The summed E-state index contributed by atoms with van der Waals surface area (Å²) in [5.74, 6) is -0.273. The Kier molecular flexibility index (Phi) is 4.94. The van der Waals surface area contributed by atoms with Crippen molar-refractivity contribution < 1.29 is 14.7 Å². The molecule has 1 aliphatic rings. The number of ketones is 1. The molecule has 0 fully saturated rings. The summed E-state index contributed by atoms with van der Waals surface area (Å²) in [6, 6.07) is 12.4. The molecule has 0 heterocycles. The minimum atomic E-state index is -0.275. The molecule has 0 spiro atoms. The van der Waals surface area contributed by atoms with Crippen LogP contribution in [0.2, 0.25) is 0 Å². The summed E-state index contributed by atoms with van der Waals surface area (Å²) in [6.07, 6.45) is 4.78.